The molecule has 1 saturated heterocycles. The average Bonchev–Trinajstić information content (AvgIpc) is 2.32. The van der Waals surface area contributed by atoms with Gasteiger partial charge in [0.15, 0.2) is 0 Å². The van der Waals surface area contributed by atoms with Crippen molar-refractivity contribution in [3.05, 3.63) is 35.4 Å². The Labute approximate surface area is 107 Å². The van der Waals surface area contributed by atoms with E-state index >= 15 is 0 Å². The molecule has 0 spiro atoms. The van der Waals surface area contributed by atoms with Crippen LogP contribution in [0.3, 0.4) is 0 Å². The van der Waals surface area contributed by atoms with Gasteiger partial charge in [-0.1, -0.05) is 30.4 Å². The lowest BCUT2D eigenvalue weighted by Gasteiger charge is -2.29. The van der Waals surface area contributed by atoms with E-state index in [2.05, 4.69) is 11.0 Å². The average molecular weight is 250 g/mol. The predicted octanol–water partition coefficient (Wildman–Crippen LogP) is 1.28. The number of hydrogen-bond acceptors (Lipinski definition) is 3. The third kappa shape index (κ3) is 3.49. The van der Waals surface area contributed by atoms with Crippen molar-refractivity contribution in [2.75, 3.05) is 13.1 Å². The second-order valence-electron chi connectivity index (χ2n) is 4.57. The Morgan fingerprint density at radius 1 is 1.41 bits per heavy atom. The lowest BCUT2D eigenvalue weighted by atomic mass is 10.1. The fourth-order valence-electron chi connectivity index (χ4n) is 2.16. The van der Waals surface area contributed by atoms with Crippen molar-refractivity contribution in [1.82, 2.24) is 4.90 Å². The van der Waals surface area contributed by atoms with Gasteiger partial charge in [-0.2, -0.15) is 0 Å². The molecule has 1 aromatic carbocycles. The van der Waals surface area contributed by atoms with E-state index in [9.17, 15) is 5.11 Å². The molecule has 1 aliphatic heterocycles. The topological polar surface area (TPSA) is 49.5 Å². The second-order valence-corrected chi connectivity index (χ2v) is 5.01. The number of nitrogens with two attached hydrogens (primary N) is 1. The quantitative estimate of drug-likeness (QED) is 0.793. The van der Waals surface area contributed by atoms with Crippen molar-refractivity contribution in [3.8, 4) is 0 Å². The van der Waals surface area contributed by atoms with Gasteiger partial charge in [0.1, 0.15) is 4.99 Å². The van der Waals surface area contributed by atoms with Crippen LogP contribution in [0.15, 0.2) is 24.3 Å². The summed E-state index contributed by atoms with van der Waals surface area (Å²) in [6.45, 7) is 2.82. The molecule has 0 bridgehead atoms. The van der Waals surface area contributed by atoms with Gasteiger partial charge in [0.05, 0.1) is 6.10 Å². The first-order chi connectivity index (χ1) is 8.15. The number of thiocarbonyl (C=S) groups is 1. The van der Waals surface area contributed by atoms with Gasteiger partial charge in [-0.25, -0.2) is 0 Å². The Hall–Kier alpha value is -0.970. The summed E-state index contributed by atoms with van der Waals surface area (Å²) in [6.07, 6.45) is 1.62. The molecule has 0 saturated carbocycles. The maximum Gasteiger partial charge on any atom is 0.103 e. The third-order valence-corrected chi connectivity index (χ3v) is 3.41. The number of piperidine rings is 1. The summed E-state index contributed by atoms with van der Waals surface area (Å²) >= 11 is 4.97. The van der Waals surface area contributed by atoms with E-state index in [0.29, 0.717) is 4.99 Å². The second kappa shape index (κ2) is 5.58. The third-order valence-electron chi connectivity index (χ3n) is 3.17. The molecule has 0 amide bonds. The minimum Gasteiger partial charge on any atom is -0.393 e. The molecule has 0 radical (unpaired) electrons. The minimum atomic E-state index is -0.116. The van der Waals surface area contributed by atoms with Gasteiger partial charge < -0.3 is 10.8 Å². The highest BCUT2D eigenvalue weighted by Crippen LogP contribution is 2.14. The van der Waals surface area contributed by atoms with Crippen molar-refractivity contribution in [2.24, 2.45) is 5.73 Å². The van der Waals surface area contributed by atoms with Crippen molar-refractivity contribution in [2.45, 2.75) is 25.5 Å². The number of benzene rings is 1. The van der Waals surface area contributed by atoms with Crippen LogP contribution in [0, 0.1) is 0 Å². The summed E-state index contributed by atoms with van der Waals surface area (Å²) in [5.74, 6) is 0. The fraction of sp³-hybridized carbons (Fsp3) is 0.462. The monoisotopic (exact) mass is 250 g/mol. The van der Waals surface area contributed by atoms with Crippen LogP contribution < -0.4 is 5.73 Å². The lowest BCUT2D eigenvalue weighted by molar-refractivity contribution is 0.0792. The summed E-state index contributed by atoms with van der Waals surface area (Å²) in [6, 6.07) is 8.06. The molecule has 2 rings (SSSR count). The number of rotatable bonds is 3. The van der Waals surface area contributed by atoms with E-state index in [4.69, 9.17) is 18.0 Å². The first-order valence-corrected chi connectivity index (χ1v) is 6.35. The van der Waals surface area contributed by atoms with Gasteiger partial charge in [-0.15, -0.1) is 0 Å². The summed E-state index contributed by atoms with van der Waals surface area (Å²) in [4.78, 5) is 2.80. The van der Waals surface area contributed by atoms with E-state index < -0.39 is 0 Å². The van der Waals surface area contributed by atoms with Crippen molar-refractivity contribution in [3.63, 3.8) is 0 Å². The molecule has 1 heterocycles. The highest BCUT2D eigenvalue weighted by molar-refractivity contribution is 7.80. The van der Waals surface area contributed by atoms with E-state index in [0.717, 1.165) is 38.0 Å². The molecule has 1 fully saturated rings. The van der Waals surface area contributed by atoms with Crippen LogP contribution in [0.1, 0.15) is 24.0 Å². The van der Waals surface area contributed by atoms with Gasteiger partial charge in [-0.05, 0) is 24.5 Å². The Morgan fingerprint density at radius 2 is 2.12 bits per heavy atom. The first-order valence-electron chi connectivity index (χ1n) is 5.94. The zero-order chi connectivity index (χ0) is 12.3. The fourth-order valence-corrected chi connectivity index (χ4v) is 2.29. The lowest BCUT2D eigenvalue weighted by Crippen LogP contribution is -2.35. The highest BCUT2D eigenvalue weighted by Gasteiger charge is 2.16. The molecule has 0 unspecified atom stereocenters. The van der Waals surface area contributed by atoms with Crippen LogP contribution in [0.4, 0.5) is 0 Å². The number of nitrogens with zero attached hydrogens (tertiary/aromatic N) is 1. The number of hydrogen-bond donors (Lipinski definition) is 2. The van der Waals surface area contributed by atoms with Gasteiger partial charge >= 0.3 is 0 Å². The maximum atomic E-state index is 9.45. The first kappa shape index (κ1) is 12.5. The summed E-state index contributed by atoms with van der Waals surface area (Å²) in [5, 5.41) is 9.45. The minimum absolute atomic E-state index is 0.116. The maximum absolute atomic E-state index is 9.45. The molecule has 3 nitrogen and oxygen atoms in total. The molecule has 1 aromatic rings. The SMILES string of the molecule is NC(=S)c1cccc(CN2CCC(O)CC2)c1. The largest absolute Gasteiger partial charge is 0.393 e. The molecule has 0 atom stereocenters. The van der Waals surface area contributed by atoms with Gasteiger partial charge in [0.2, 0.25) is 0 Å². The summed E-state index contributed by atoms with van der Waals surface area (Å²) in [7, 11) is 0. The van der Waals surface area contributed by atoms with E-state index in [1.165, 1.54) is 5.56 Å². The van der Waals surface area contributed by atoms with Crippen molar-refractivity contribution in [1.29, 1.82) is 0 Å². The smallest absolute Gasteiger partial charge is 0.103 e. The van der Waals surface area contributed by atoms with Crippen LogP contribution in [0.25, 0.3) is 0 Å². The van der Waals surface area contributed by atoms with Gasteiger partial charge in [-0.3, -0.25) is 4.90 Å². The summed E-state index contributed by atoms with van der Waals surface area (Å²) in [5.41, 5.74) is 7.77. The molecule has 17 heavy (non-hydrogen) atoms. The predicted molar refractivity (Wildman–Crippen MR) is 72.8 cm³/mol. The standard InChI is InChI=1S/C13H18N2OS/c14-13(17)11-3-1-2-10(8-11)9-15-6-4-12(16)5-7-15/h1-3,8,12,16H,4-7,9H2,(H2,14,17). The normalized spacial score (nSPS) is 18.2. The zero-order valence-electron chi connectivity index (χ0n) is 9.80. The van der Waals surface area contributed by atoms with Crippen molar-refractivity contribution < 1.29 is 5.11 Å². The van der Waals surface area contributed by atoms with E-state index in [-0.39, 0.29) is 6.10 Å². The molecule has 0 aliphatic carbocycles. The van der Waals surface area contributed by atoms with E-state index in [1.54, 1.807) is 0 Å². The molecule has 1 aliphatic rings. The van der Waals surface area contributed by atoms with Gasteiger partial charge in [0, 0.05) is 25.2 Å². The van der Waals surface area contributed by atoms with Crippen LogP contribution in [-0.2, 0) is 6.54 Å². The number of likely N-dealkylation sites (tertiary alicyclic amines) is 1. The number of aliphatic hydroxyl groups excluding tert-OH is 1. The molecular weight excluding hydrogens is 232 g/mol. The number of aliphatic hydroxyl groups is 1. The molecular formula is C13H18N2OS. The molecule has 4 heteroatoms. The zero-order valence-corrected chi connectivity index (χ0v) is 10.6. The molecule has 92 valence electrons. The van der Waals surface area contributed by atoms with Crippen LogP contribution >= 0.6 is 12.2 Å². The Morgan fingerprint density at radius 3 is 2.76 bits per heavy atom. The molecule has 0 aromatic heterocycles. The summed E-state index contributed by atoms with van der Waals surface area (Å²) < 4.78 is 0. The molecule has 3 N–H and O–H groups in total. The Balaban J connectivity index is 1.98. The Bertz CT molecular complexity index is 400. The highest BCUT2D eigenvalue weighted by atomic mass is 32.1. The Kier molecular flexibility index (Phi) is 4.10. The van der Waals surface area contributed by atoms with Crippen LogP contribution in [0.5, 0.6) is 0 Å². The van der Waals surface area contributed by atoms with Gasteiger partial charge in [0.25, 0.3) is 0 Å². The van der Waals surface area contributed by atoms with Crippen LogP contribution in [0.2, 0.25) is 0 Å². The van der Waals surface area contributed by atoms with Crippen molar-refractivity contribution >= 4 is 17.2 Å². The van der Waals surface area contributed by atoms with Crippen LogP contribution in [-0.4, -0.2) is 34.2 Å². The van der Waals surface area contributed by atoms with E-state index in [1.807, 2.05) is 18.2 Å².